The van der Waals surface area contributed by atoms with Crippen molar-refractivity contribution < 1.29 is 0 Å². The SMILES string of the molecule is Cc1ccccc1-n1c(C)c(C)c2c1ncn1nc(-c3ccccc3Cl)nc21. The maximum absolute atomic E-state index is 6.35. The molecule has 0 atom stereocenters. The van der Waals surface area contributed by atoms with Crippen LogP contribution < -0.4 is 0 Å². The number of benzene rings is 2. The summed E-state index contributed by atoms with van der Waals surface area (Å²) in [5.74, 6) is 0.598. The van der Waals surface area contributed by atoms with Crippen LogP contribution in [0.4, 0.5) is 0 Å². The molecule has 0 aliphatic rings. The molecule has 5 nitrogen and oxygen atoms in total. The fraction of sp³-hybridized carbons (Fsp3) is 0.136. The molecule has 5 rings (SSSR count). The van der Waals surface area contributed by atoms with E-state index in [1.165, 1.54) is 5.56 Å². The van der Waals surface area contributed by atoms with Crippen molar-refractivity contribution in [1.29, 1.82) is 0 Å². The van der Waals surface area contributed by atoms with Crippen LogP contribution in [0.3, 0.4) is 0 Å². The molecule has 0 aliphatic carbocycles. The van der Waals surface area contributed by atoms with Crippen molar-refractivity contribution >= 4 is 28.3 Å². The Hall–Kier alpha value is -3.18. The van der Waals surface area contributed by atoms with E-state index in [-0.39, 0.29) is 0 Å². The predicted octanol–water partition coefficient (Wildman–Crippen LogP) is 5.31. The number of rotatable bonds is 2. The Balaban J connectivity index is 1.84. The van der Waals surface area contributed by atoms with E-state index in [1.54, 1.807) is 10.8 Å². The van der Waals surface area contributed by atoms with E-state index in [2.05, 4.69) is 42.6 Å². The molecule has 0 unspecified atom stereocenters. The Morgan fingerprint density at radius 2 is 1.64 bits per heavy atom. The highest BCUT2D eigenvalue weighted by Gasteiger charge is 2.20. The fourth-order valence-electron chi connectivity index (χ4n) is 3.73. The summed E-state index contributed by atoms with van der Waals surface area (Å²) >= 11 is 6.35. The first kappa shape index (κ1) is 17.0. The van der Waals surface area contributed by atoms with Gasteiger partial charge in [0.1, 0.15) is 6.33 Å². The van der Waals surface area contributed by atoms with Gasteiger partial charge in [0.2, 0.25) is 0 Å². The van der Waals surface area contributed by atoms with Crippen LogP contribution in [0.25, 0.3) is 33.8 Å². The molecule has 0 spiro atoms. The van der Waals surface area contributed by atoms with Gasteiger partial charge >= 0.3 is 0 Å². The topological polar surface area (TPSA) is 48.0 Å². The van der Waals surface area contributed by atoms with E-state index < -0.39 is 0 Å². The van der Waals surface area contributed by atoms with Crippen molar-refractivity contribution in [3.8, 4) is 17.1 Å². The second kappa shape index (κ2) is 6.17. The zero-order valence-corrected chi connectivity index (χ0v) is 16.6. The molecule has 0 fully saturated rings. The lowest BCUT2D eigenvalue weighted by atomic mass is 10.2. The number of hydrogen-bond donors (Lipinski definition) is 0. The van der Waals surface area contributed by atoms with E-state index in [4.69, 9.17) is 21.6 Å². The minimum Gasteiger partial charge on any atom is -0.298 e. The van der Waals surface area contributed by atoms with Gasteiger partial charge in [0.15, 0.2) is 17.1 Å². The zero-order chi connectivity index (χ0) is 19.4. The molecule has 3 aromatic heterocycles. The van der Waals surface area contributed by atoms with E-state index in [0.717, 1.165) is 39.2 Å². The monoisotopic (exact) mass is 387 g/mol. The van der Waals surface area contributed by atoms with Crippen LogP contribution in [-0.2, 0) is 0 Å². The van der Waals surface area contributed by atoms with Crippen LogP contribution in [0.2, 0.25) is 5.02 Å². The molecule has 0 N–H and O–H groups in total. The number of nitrogens with zero attached hydrogens (tertiary/aromatic N) is 5. The summed E-state index contributed by atoms with van der Waals surface area (Å²) in [6.07, 6.45) is 1.72. The van der Waals surface area contributed by atoms with Gasteiger partial charge in [0.05, 0.1) is 16.1 Å². The molecule has 0 amide bonds. The third-order valence-electron chi connectivity index (χ3n) is 5.30. The first-order chi connectivity index (χ1) is 13.6. The summed E-state index contributed by atoms with van der Waals surface area (Å²) < 4.78 is 3.93. The van der Waals surface area contributed by atoms with Gasteiger partial charge in [-0.1, -0.05) is 41.9 Å². The standard InChI is InChI=1S/C22H18ClN5/c1-13-8-4-7-11-18(13)28-15(3)14(2)19-21(28)24-12-27-22(19)25-20(26-27)16-9-5-6-10-17(16)23/h4-12H,1-3H3. The summed E-state index contributed by atoms with van der Waals surface area (Å²) in [6.45, 7) is 6.34. The molecular weight excluding hydrogens is 370 g/mol. The van der Waals surface area contributed by atoms with Crippen molar-refractivity contribution in [2.75, 3.05) is 0 Å². The number of aryl methyl sites for hydroxylation is 2. The summed E-state index contributed by atoms with van der Waals surface area (Å²) in [6, 6.07) is 15.9. The third kappa shape index (κ3) is 2.36. The first-order valence-electron chi connectivity index (χ1n) is 9.10. The Morgan fingerprint density at radius 3 is 2.43 bits per heavy atom. The molecule has 0 saturated heterocycles. The molecule has 5 aromatic rings. The zero-order valence-electron chi connectivity index (χ0n) is 15.8. The van der Waals surface area contributed by atoms with Gasteiger partial charge in [-0.2, -0.15) is 0 Å². The Labute approximate surface area is 167 Å². The normalized spacial score (nSPS) is 11.6. The third-order valence-corrected chi connectivity index (χ3v) is 5.63. The Kier molecular flexibility index (Phi) is 3.74. The summed E-state index contributed by atoms with van der Waals surface area (Å²) in [5.41, 5.74) is 7.10. The highest BCUT2D eigenvalue weighted by atomic mass is 35.5. The van der Waals surface area contributed by atoms with E-state index >= 15 is 0 Å². The molecule has 3 heterocycles. The van der Waals surface area contributed by atoms with Crippen LogP contribution in [0, 0.1) is 20.8 Å². The lowest BCUT2D eigenvalue weighted by Crippen LogP contribution is -2.01. The highest BCUT2D eigenvalue weighted by molar-refractivity contribution is 6.33. The Bertz CT molecular complexity index is 1360. The lowest BCUT2D eigenvalue weighted by molar-refractivity contribution is 0.925. The summed E-state index contributed by atoms with van der Waals surface area (Å²) in [5, 5.41) is 6.25. The average molecular weight is 388 g/mol. The maximum atomic E-state index is 6.35. The fourth-order valence-corrected chi connectivity index (χ4v) is 3.95. The molecule has 0 bridgehead atoms. The van der Waals surface area contributed by atoms with Gasteiger partial charge in [-0.05, 0) is 50.1 Å². The van der Waals surface area contributed by atoms with Gasteiger partial charge in [-0.3, -0.25) is 4.57 Å². The highest BCUT2D eigenvalue weighted by Crippen LogP contribution is 2.32. The number of halogens is 1. The van der Waals surface area contributed by atoms with E-state index in [9.17, 15) is 0 Å². The largest absolute Gasteiger partial charge is 0.298 e. The lowest BCUT2D eigenvalue weighted by Gasteiger charge is -2.10. The molecule has 0 radical (unpaired) electrons. The van der Waals surface area contributed by atoms with Crippen LogP contribution in [-0.4, -0.2) is 24.1 Å². The predicted molar refractivity (Wildman–Crippen MR) is 112 cm³/mol. The molecule has 138 valence electrons. The van der Waals surface area contributed by atoms with Gasteiger partial charge in [-0.25, -0.2) is 14.5 Å². The van der Waals surface area contributed by atoms with Crippen LogP contribution in [0.15, 0.2) is 54.9 Å². The van der Waals surface area contributed by atoms with Crippen LogP contribution in [0.5, 0.6) is 0 Å². The molecule has 2 aromatic carbocycles. The average Bonchev–Trinajstić information content (AvgIpc) is 3.22. The molecule has 0 aliphatic heterocycles. The smallest absolute Gasteiger partial charge is 0.183 e. The Morgan fingerprint density at radius 1 is 0.893 bits per heavy atom. The van der Waals surface area contributed by atoms with Gasteiger partial charge in [-0.15, -0.1) is 5.10 Å². The van der Waals surface area contributed by atoms with Gasteiger partial charge in [0, 0.05) is 11.3 Å². The minimum absolute atomic E-state index is 0.598. The van der Waals surface area contributed by atoms with Crippen molar-refractivity contribution in [3.63, 3.8) is 0 Å². The number of para-hydroxylation sites is 1. The number of hydrogen-bond acceptors (Lipinski definition) is 3. The van der Waals surface area contributed by atoms with Crippen LogP contribution >= 0.6 is 11.6 Å². The first-order valence-corrected chi connectivity index (χ1v) is 9.48. The van der Waals surface area contributed by atoms with E-state index in [1.807, 2.05) is 36.4 Å². The number of fused-ring (bicyclic) bond motifs is 3. The molecule has 6 heteroatoms. The second-order valence-electron chi connectivity index (χ2n) is 6.96. The molecule has 0 saturated carbocycles. The quantitative estimate of drug-likeness (QED) is 0.412. The van der Waals surface area contributed by atoms with Crippen LogP contribution in [0.1, 0.15) is 16.8 Å². The summed E-state index contributed by atoms with van der Waals surface area (Å²) in [4.78, 5) is 9.55. The van der Waals surface area contributed by atoms with E-state index in [0.29, 0.717) is 10.8 Å². The van der Waals surface area contributed by atoms with Gasteiger partial charge in [0.25, 0.3) is 0 Å². The second-order valence-corrected chi connectivity index (χ2v) is 7.37. The van der Waals surface area contributed by atoms with Crippen molar-refractivity contribution in [3.05, 3.63) is 76.7 Å². The molecular formula is C22H18ClN5. The van der Waals surface area contributed by atoms with Crippen molar-refractivity contribution in [1.82, 2.24) is 24.1 Å². The maximum Gasteiger partial charge on any atom is 0.183 e. The minimum atomic E-state index is 0.598. The number of aromatic nitrogens is 5. The van der Waals surface area contributed by atoms with Crippen molar-refractivity contribution in [2.45, 2.75) is 20.8 Å². The van der Waals surface area contributed by atoms with Gasteiger partial charge < -0.3 is 0 Å². The summed E-state index contributed by atoms with van der Waals surface area (Å²) in [7, 11) is 0. The molecule has 28 heavy (non-hydrogen) atoms. The van der Waals surface area contributed by atoms with Crippen molar-refractivity contribution in [2.24, 2.45) is 0 Å².